The van der Waals surface area contributed by atoms with Crippen LogP contribution in [0.2, 0.25) is 0 Å². The number of benzene rings is 1. The summed E-state index contributed by atoms with van der Waals surface area (Å²) in [6.45, 7) is 4.42. The van der Waals surface area contributed by atoms with Gasteiger partial charge in [-0.2, -0.15) is 0 Å². The number of nitrogens with zero attached hydrogens (tertiary/aromatic N) is 2. The zero-order valence-corrected chi connectivity index (χ0v) is 12.3. The van der Waals surface area contributed by atoms with Gasteiger partial charge in [-0.15, -0.1) is 0 Å². The van der Waals surface area contributed by atoms with Crippen LogP contribution in [0.5, 0.6) is 5.75 Å². The van der Waals surface area contributed by atoms with E-state index in [1.165, 1.54) is 0 Å². The fourth-order valence-corrected chi connectivity index (χ4v) is 3.03. The van der Waals surface area contributed by atoms with Gasteiger partial charge in [-0.1, -0.05) is 0 Å². The molecule has 0 saturated carbocycles. The molecule has 1 aromatic carbocycles. The number of nitrogens with two attached hydrogens (primary N) is 2. The van der Waals surface area contributed by atoms with Crippen molar-refractivity contribution in [2.75, 3.05) is 44.7 Å². The van der Waals surface area contributed by atoms with Crippen molar-refractivity contribution >= 4 is 11.6 Å². The molecule has 1 aromatic rings. The summed E-state index contributed by atoms with van der Waals surface area (Å²) < 4.78 is 5.72. The van der Waals surface area contributed by atoms with Crippen LogP contribution in [0.4, 0.5) is 5.69 Å². The molecular weight excluding hydrogens is 268 g/mol. The minimum atomic E-state index is -0.452. The summed E-state index contributed by atoms with van der Waals surface area (Å²) in [4.78, 5) is 16.2. The Morgan fingerprint density at radius 1 is 1.29 bits per heavy atom. The highest BCUT2D eigenvalue weighted by Crippen LogP contribution is 2.36. The molecule has 1 unspecified atom stereocenters. The van der Waals surface area contributed by atoms with Crippen LogP contribution in [0.3, 0.4) is 0 Å². The van der Waals surface area contributed by atoms with E-state index < -0.39 is 5.91 Å². The summed E-state index contributed by atoms with van der Waals surface area (Å²) >= 11 is 0. The predicted molar refractivity (Wildman–Crippen MR) is 81.8 cm³/mol. The Morgan fingerprint density at radius 3 is 2.67 bits per heavy atom. The average molecular weight is 290 g/mol. The molecule has 1 saturated heterocycles. The van der Waals surface area contributed by atoms with E-state index in [0.717, 1.165) is 43.9 Å². The van der Waals surface area contributed by atoms with E-state index in [9.17, 15) is 4.79 Å². The predicted octanol–water partition coefficient (Wildman–Crippen LogP) is -0.200. The molecule has 2 aliphatic heterocycles. The maximum atomic E-state index is 11.6. The molecular formula is C15H22N4O2. The van der Waals surface area contributed by atoms with Gasteiger partial charge < -0.3 is 26.0 Å². The summed E-state index contributed by atoms with van der Waals surface area (Å²) in [6, 6.07) is 3.71. The fourth-order valence-electron chi connectivity index (χ4n) is 3.03. The van der Waals surface area contributed by atoms with E-state index in [0.29, 0.717) is 17.9 Å². The van der Waals surface area contributed by atoms with Gasteiger partial charge in [0.2, 0.25) is 0 Å². The summed E-state index contributed by atoms with van der Waals surface area (Å²) in [5, 5.41) is 0. The van der Waals surface area contributed by atoms with Gasteiger partial charge in [-0.3, -0.25) is 4.79 Å². The van der Waals surface area contributed by atoms with Crippen LogP contribution in [0.1, 0.15) is 15.9 Å². The van der Waals surface area contributed by atoms with Gasteiger partial charge in [-0.05, 0) is 25.6 Å². The van der Waals surface area contributed by atoms with E-state index in [1.807, 2.05) is 6.07 Å². The smallest absolute Gasteiger partial charge is 0.252 e. The molecule has 0 bridgehead atoms. The number of hydrogen-bond donors (Lipinski definition) is 2. The van der Waals surface area contributed by atoms with Gasteiger partial charge >= 0.3 is 0 Å². The lowest BCUT2D eigenvalue weighted by Gasteiger charge is -2.37. The number of ether oxygens (including phenoxy) is 1. The molecule has 6 nitrogen and oxygen atoms in total. The lowest BCUT2D eigenvalue weighted by Crippen LogP contribution is -2.45. The third kappa shape index (κ3) is 2.69. The molecule has 1 fully saturated rings. The van der Waals surface area contributed by atoms with E-state index in [2.05, 4.69) is 16.8 Å². The van der Waals surface area contributed by atoms with Crippen LogP contribution >= 0.6 is 0 Å². The van der Waals surface area contributed by atoms with Gasteiger partial charge in [0, 0.05) is 43.5 Å². The average Bonchev–Trinajstić information content (AvgIpc) is 2.46. The molecule has 2 heterocycles. The minimum Gasteiger partial charge on any atom is -0.491 e. The standard InChI is InChI=1S/C15H22N4O2/c1-18-4-6-19(7-5-18)13-3-2-11(15(17)20)14-12(13)8-10(16)9-21-14/h2-3,10H,4-9,16H2,1H3,(H2,17,20). The van der Waals surface area contributed by atoms with Crippen molar-refractivity contribution in [2.45, 2.75) is 12.5 Å². The zero-order chi connectivity index (χ0) is 15.0. The number of fused-ring (bicyclic) bond motifs is 1. The van der Waals surface area contributed by atoms with E-state index >= 15 is 0 Å². The lowest BCUT2D eigenvalue weighted by atomic mass is 9.96. The van der Waals surface area contributed by atoms with Gasteiger partial charge in [0.15, 0.2) is 0 Å². The SMILES string of the molecule is CN1CCN(c2ccc(C(N)=O)c3c2CC(N)CO3)CC1. The van der Waals surface area contributed by atoms with Crippen molar-refractivity contribution in [1.82, 2.24) is 4.90 Å². The first kappa shape index (κ1) is 14.2. The zero-order valence-electron chi connectivity index (χ0n) is 12.3. The Bertz CT molecular complexity index is 553. The van der Waals surface area contributed by atoms with Crippen molar-refractivity contribution in [3.8, 4) is 5.75 Å². The van der Waals surface area contributed by atoms with Gasteiger partial charge in [0.05, 0.1) is 5.56 Å². The number of carbonyl (C=O) groups excluding carboxylic acids is 1. The molecule has 0 spiro atoms. The Morgan fingerprint density at radius 2 is 2.00 bits per heavy atom. The van der Waals surface area contributed by atoms with Crippen LogP contribution < -0.4 is 21.1 Å². The first-order valence-corrected chi connectivity index (χ1v) is 7.34. The van der Waals surface area contributed by atoms with E-state index in [4.69, 9.17) is 16.2 Å². The Kier molecular flexibility index (Phi) is 3.73. The second-order valence-electron chi connectivity index (χ2n) is 5.87. The number of amides is 1. The van der Waals surface area contributed by atoms with Crippen LogP contribution in [0, 0.1) is 0 Å². The van der Waals surface area contributed by atoms with Gasteiger partial charge in [0.1, 0.15) is 12.4 Å². The van der Waals surface area contributed by atoms with Crippen molar-refractivity contribution in [1.29, 1.82) is 0 Å². The van der Waals surface area contributed by atoms with Crippen molar-refractivity contribution < 1.29 is 9.53 Å². The Hall–Kier alpha value is -1.79. The number of hydrogen-bond acceptors (Lipinski definition) is 5. The lowest BCUT2D eigenvalue weighted by molar-refractivity contribution is 0.0994. The molecule has 3 rings (SSSR count). The monoisotopic (exact) mass is 290 g/mol. The number of anilines is 1. The number of likely N-dealkylation sites (N-methyl/N-ethyl adjacent to an activating group) is 1. The van der Waals surface area contributed by atoms with Gasteiger partial charge in [0.25, 0.3) is 5.91 Å². The number of carbonyl (C=O) groups is 1. The number of rotatable bonds is 2. The van der Waals surface area contributed by atoms with Crippen LogP contribution in [0.25, 0.3) is 0 Å². The molecule has 0 aromatic heterocycles. The van der Waals surface area contributed by atoms with Crippen LogP contribution in [-0.4, -0.2) is 56.7 Å². The molecule has 21 heavy (non-hydrogen) atoms. The molecule has 114 valence electrons. The molecule has 1 atom stereocenters. The summed E-state index contributed by atoms with van der Waals surface area (Å²) in [7, 11) is 2.13. The Balaban J connectivity index is 1.99. The second kappa shape index (κ2) is 5.54. The molecule has 1 amide bonds. The van der Waals surface area contributed by atoms with E-state index in [1.54, 1.807) is 6.07 Å². The quantitative estimate of drug-likeness (QED) is 0.788. The maximum Gasteiger partial charge on any atom is 0.252 e. The summed E-state index contributed by atoms with van der Waals surface area (Å²) in [5.74, 6) is 0.173. The minimum absolute atomic E-state index is 0.0353. The summed E-state index contributed by atoms with van der Waals surface area (Å²) in [6.07, 6.45) is 0.720. The highest BCUT2D eigenvalue weighted by molar-refractivity contribution is 5.97. The largest absolute Gasteiger partial charge is 0.491 e. The van der Waals surface area contributed by atoms with Crippen LogP contribution in [0.15, 0.2) is 12.1 Å². The highest BCUT2D eigenvalue weighted by Gasteiger charge is 2.27. The summed E-state index contributed by atoms with van der Waals surface area (Å²) in [5.41, 5.74) is 14.1. The maximum absolute atomic E-state index is 11.6. The first-order chi connectivity index (χ1) is 10.1. The Labute approximate surface area is 124 Å². The fraction of sp³-hybridized carbons (Fsp3) is 0.533. The molecule has 4 N–H and O–H groups in total. The number of piperazine rings is 1. The molecule has 0 aliphatic carbocycles. The highest BCUT2D eigenvalue weighted by atomic mass is 16.5. The second-order valence-corrected chi connectivity index (χ2v) is 5.87. The number of primary amides is 1. The third-order valence-electron chi connectivity index (χ3n) is 4.25. The first-order valence-electron chi connectivity index (χ1n) is 7.34. The normalized spacial score (nSPS) is 22.6. The third-order valence-corrected chi connectivity index (χ3v) is 4.25. The van der Waals surface area contributed by atoms with Crippen LogP contribution in [-0.2, 0) is 6.42 Å². The molecule has 6 heteroatoms. The van der Waals surface area contributed by atoms with Crippen molar-refractivity contribution in [3.63, 3.8) is 0 Å². The molecule has 2 aliphatic rings. The molecule has 0 radical (unpaired) electrons. The van der Waals surface area contributed by atoms with E-state index in [-0.39, 0.29) is 6.04 Å². The van der Waals surface area contributed by atoms with Crippen molar-refractivity contribution in [2.24, 2.45) is 11.5 Å². The van der Waals surface area contributed by atoms with Crippen molar-refractivity contribution in [3.05, 3.63) is 23.3 Å². The van der Waals surface area contributed by atoms with Gasteiger partial charge in [-0.25, -0.2) is 0 Å². The topological polar surface area (TPSA) is 84.8 Å².